The van der Waals surface area contributed by atoms with Gasteiger partial charge < -0.3 is 9.52 Å². The third kappa shape index (κ3) is 2.92. The molecule has 1 aromatic carbocycles. The fourth-order valence-corrected chi connectivity index (χ4v) is 2.49. The molecule has 1 amide bonds. The first-order chi connectivity index (χ1) is 9.70. The smallest absolute Gasteiger partial charge is 0.419 e. The average Bonchev–Trinajstić information content (AvgIpc) is 2.82. The monoisotopic (exact) mass is 275 g/mol. The van der Waals surface area contributed by atoms with Crippen molar-refractivity contribution in [2.75, 3.05) is 26.2 Å². The van der Waals surface area contributed by atoms with E-state index in [2.05, 4.69) is 16.4 Å². The van der Waals surface area contributed by atoms with Crippen LogP contribution in [0.4, 0.5) is 4.79 Å². The number of hydrazine groups is 1. The van der Waals surface area contributed by atoms with Gasteiger partial charge in [0.15, 0.2) is 0 Å². The van der Waals surface area contributed by atoms with Crippen LogP contribution in [0.15, 0.2) is 34.7 Å². The van der Waals surface area contributed by atoms with Gasteiger partial charge in [0, 0.05) is 31.6 Å². The molecular formula is C14H17N3O3. The Balaban J connectivity index is 1.58. The second-order valence-electron chi connectivity index (χ2n) is 4.93. The first-order valence-electron chi connectivity index (χ1n) is 6.65. The lowest BCUT2D eigenvalue weighted by Crippen LogP contribution is -2.52. The van der Waals surface area contributed by atoms with E-state index in [1.807, 2.05) is 24.3 Å². The van der Waals surface area contributed by atoms with E-state index >= 15 is 0 Å². The summed E-state index contributed by atoms with van der Waals surface area (Å²) < 4.78 is 5.80. The number of fused-ring (bicyclic) bond motifs is 1. The van der Waals surface area contributed by atoms with Crippen molar-refractivity contribution in [1.82, 2.24) is 15.3 Å². The van der Waals surface area contributed by atoms with E-state index in [1.165, 1.54) is 0 Å². The minimum atomic E-state index is -1.00. The Hall–Kier alpha value is -2.05. The van der Waals surface area contributed by atoms with Crippen LogP contribution in [0.25, 0.3) is 11.0 Å². The van der Waals surface area contributed by atoms with Gasteiger partial charge in [-0.3, -0.25) is 10.3 Å². The van der Waals surface area contributed by atoms with E-state index in [0.29, 0.717) is 13.1 Å². The Morgan fingerprint density at radius 3 is 2.70 bits per heavy atom. The summed E-state index contributed by atoms with van der Waals surface area (Å²) in [6.07, 6.45) is -1.00. The number of amides is 1. The zero-order valence-electron chi connectivity index (χ0n) is 11.1. The molecule has 1 aliphatic heterocycles. The number of hydrogen-bond donors (Lipinski definition) is 2. The Morgan fingerprint density at radius 1 is 1.25 bits per heavy atom. The van der Waals surface area contributed by atoms with Crippen molar-refractivity contribution in [2.24, 2.45) is 0 Å². The minimum absolute atomic E-state index is 0.687. The van der Waals surface area contributed by atoms with Gasteiger partial charge in [0.1, 0.15) is 11.3 Å². The minimum Gasteiger partial charge on any atom is -0.464 e. The maximum atomic E-state index is 10.6. The van der Waals surface area contributed by atoms with E-state index in [0.717, 1.165) is 36.4 Å². The number of carboxylic acid groups (broad SMARTS) is 1. The molecule has 0 saturated carbocycles. The van der Waals surface area contributed by atoms with Gasteiger partial charge in [-0.15, -0.1) is 0 Å². The third-order valence-electron chi connectivity index (χ3n) is 3.48. The first kappa shape index (κ1) is 13.0. The Morgan fingerprint density at radius 2 is 2.00 bits per heavy atom. The summed E-state index contributed by atoms with van der Waals surface area (Å²) in [6, 6.07) is 10.0. The number of nitrogens with one attached hydrogen (secondary N) is 1. The van der Waals surface area contributed by atoms with E-state index in [9.17, 15) is 4.79 Å². The van der Waals surface area contributed by atoms with Crippen molar-refractivity contribution in [2.45, 2.75) is 6.54 Å². The molecule has 1 aromatic heterocycles. The molecule has 2 aromatic rings. The third-order valence-corrected chi connectivity index (χ3v) is 3.48. The molecule has 0 aliphatic carbocycles. The van der Waals surface area contributed by atoms with Crippen LogP contribution < -0.4 is 5.43 Å². The maximum absolute atomic E-state index is 10.6. The molecule has 6 heteroatoms. The Kier molecular flexibility index (Phi) is 3.58. The summed E-state index contributed by atoms with van der Waals surface area (Å²) in [5, 5.41) is 11.5. The molecule has 0 bridgehead atoms. The van der Waals surface area contributed by atoms with E-state index in [4.69, 9.17) is 9.52 Å². The molecule has 1 aliphatic rings. The second-order valence-corrected chi connectivity index (χ2v) is 4.93. The number of para-hydroxylation sites is 1. The summed E-state index contributed by atoms with van der Waals surface area (Å²) in [7, 11) is 0. The lowest BCUT2D eigenvalue weighted by Gasteiger charge is -2.33. The highest BCUT2D eigenvalue weighted by Crippen LogP contribution is 2.20. The molecule has 0 radical (unpaired) electrons. The summed E-state index contributed by atoms with van der Waals surface area (Å²) in [6.45, 7) is 3.77. The van der Waals surface area contributed by atoms with Crippen LogP contribution in [0.1, 0.15) is 5.76 Å². The summed E-state index contributed by atoms with van der Waals surface area (Å²) >= 11 is 0. The van der Waals surface area contributed by atoms with Crippen LogP contribution in [-0.2, 0) is 6.54 Å². The Bertz CT molecular complexity index is 569. The largest absolute Gasteiger partial charge is 0.464 e. The van der Waals surface area contributed by atoms with Gasteiger partial charge >= 0.3 is 6.09 Å². The number of furan rings is 1. The van der Waals surface area contributed by atoms with Crippen molar-refractivity contribution < 1.29 is 14.3 Å². The number of piperazine rings is 1. The van der Waals surface area contributed by atoms with Gasteiger partial charge in [-0.1, -0.05) is 18.2 Å². The zero-order chi connectivity index (χ0) is 13.9. The second kappa shape index (κ2) is 5.52. The van der Waals surface area contributed by atoms with Crippen LogP contribution in [0.2, 0.25) is 0 Å². The predicted octanol–water partition coefficient (Wildman–Crippen LogP) is 1.73. The predicted molar refractivity (Wildman–Crippen MR) is 74.2 cm³/mol. The first-order valence-corrected chi connectivity index (χ1v) is 6.65. The molecule has 1 fully saturated rings. The topological polar surface area (TPSA) is 69.0 Å². The average molecular weight is 275 g/mol. The van der Waals surface area contributed by atoms with Gasteiger partial charge in [-0.05, 0) is 12.1 Å². The van der Waals surface area contributed by atoms with E-state index < -0.39 is 6.09 Å². The van der Waals surface area contributed by atoms with Crippen LogP contribution in [-0.4, -0.2) is 47.3 Å². The lowest BCUT2D eigenvalue weighted by molar-refractivity contribution is 0.0776. The van der Waals surface area contributed by atoms with Crippen LogP contribution >= 0.6 is 0 Å². The quantitative estimate of drug-likeness (QED) is 0.893. The van der Waals surface area contributed by atoms with Gasteiger partial charge in [0.25, 0.3) is 0 Å². The van der Waals surface area contributed by atoms with Crippen LogP contribution in [0, 0.1) is 0 Å². The normalized spacial score (nSPS) is 17.4. The van der Waals surface area contributed by atoms with E-state index in [1.54, 1.807) is 5.01 Å². The SMILES string of the molecule is O=C(O)NN1CCN(Cc2cc3ccccc3o2)CC1. The number of carbonyl (C=O) groups is 1. The molecule has 0 spiro atoms. The molecule has 0 atom stereocenters. The molecule has 0 unspecified atom stereocenters. The van der Waals surface area contributed by atoms with Gasteiger partial charge in [-0.2, -0.15) is 0 Å². The van der Waals surface area contributed by atoms with Crippen molar-refractivity contribution >= 4 is 17.1 Å². The highest BCUT2D eigenvalue weighted by molar-refractivity contribution is 5.77. The van der Waals surface area contributed by atoms with Gasteiger partial charge in [0.2, 0.25) is 0 Å². The highest BCUT2D eigenvalue weighted by atomic mass is 16.4. The van der Waals surface area contributed by atoms with Crippen molar-refractivity contribution in [1.29, 1.82) is 0 Å². The molecule has 2 N–H and O–H groups in total. The van der Waals surface area contributed by atoms with E-state index in [-0.39, 0.29) is 0 Å². The molecule has 2 heterocycles. The number of nitrogens with zero attached hydrogens (tertiary/aromatic N) is 2. The molecule has 20 heavy (non-hydrogen) atoms. The lowest BCUT2D eigenvalue weighted by atomic mass is 10.2. The fourth-order valence-electron chi connectivity index (χ4n) is 2.49. The number of benzene rings is 1. The van der Waals surface area contributed by atoms with Crippen molar-refractivity contribution in [3.8, 4) is 0 Å². The highest BCUT2D eigenvalue weighted by Gasteiger charge is 2.19. The molecule has 3 rings (SSSR count). The molecular weight excluding hydrogens is 258 g/mol. The number of rotatable bonds is 3. The molecule has 1 saturated heterocycles. The standard InChI is InChI=1S/C14H17N3O3/c18-14(19)15-17-7-5-16(6-8-17)10-12-9-11-3-1-2-4-13(11)20-12/h1-4,9,15H,5-8,10H2,(H,18,19). The maximum Gasteiger partial charge on any atom is 0.419 e. The number of hydrogen-bond acceptors (Lipinski definition) is 4. The summed E-state index contributed by atoms with van der Waals surface area (Å²) in [4.78, 5) is 12.8. The van der Waals surface area contributed by atoms with Crippen molar-refractivity contribution in [3.05, 3.63) is 36.1 Å². The fraction of sp³-hybridized carbons (Fsp3) is 0.357. The summed E-state index contributed by atoms with van der Waals surface area (Å²) in [5.74, 6) is 0.950. The van der Waals surface area contributed by atoms with Crippen LogP contribution in [0.3, 0.4) is 0 Å². The van der Waals surface area contributed by atoms with Crippen LogP contribution in [0.5, 0.6) is 0 Å². The molecule has 106 valence electrons. The zero-order valence-corrected chi connectivity index (χ0v) is 11.1. The summed E-state index contributed by atoms with van der Waals surface area (Å²) in [5.41, 5.74) is 3.30. The van der Waals surface area contributed by atoms with Gasteiger partial charge in [0.05, 0.1) is 6.54 Å². The van der Waals surface area contributed by atoms with Crippen molar-refractivity contribution in [3.63, 3.8) is 0 Å². The van der Waals surface area contributed by atoms with Gasteiger partial charge in [-0.25, -0.2) is 9.80 Å². The Labute approximate surface area is 116 Å². The molecule has 6 nitrogen and oxygen atoms in total.